The minimum atomic E-state index is -0.453. The number of para-hydroxylation sites is 1. The monoisotopic (exact) mass is 319 g/mol. The number of anilines is 1. The highest BCUT2D eigenvalue weighted by molar-refractivity contribution is 5.68. The number of carbonyl (C=O) groups excluding carboxylic acids is 1. The van der Waals surface area contributed by atoms with Crippen LogP contribution in [0.3, 0.4) is 0 Å². The van der Waals surface area contributed by atoms with Gasteiger partial charge in [-0.1, -0.05) is 18.2 Å². The Balaban J connectivity index is 2.09. The summed E-state index contributed by atoms with van der Waals surface area (Å²) in [4.78, 5) is 16.4. The second-order valence-corrected chi connectivity index (χ2v) is 7.09. The van der Waals surface area contributed by atoms with Crippen LogP contribution in [0.15, 0.2) is 18.2 Å². The first-order chi connectivity index (χ1) is 10.8. The zero-order valence-corrected chi connectivity index (χ0v) is 14.8. The smallest absolute Gasteiger partial charge is 0.410 e. The van der Waals surface area contributed by atoms with Gasteiger partial charge in [0.15, 0.2) is 0 Å². The molecule has 0 spiro atoms. The first kappa shape index (κ1) is 17.6. The molecule has 0 atom stereocenters. The van der Waals surface area contributed by atoms with Crippen LogP contribution in [0.5, 0.6) is 0 Å². The molecule has 2 rings (SSSR count). The highest BCUT2D eigenvalue weighted by Gasteiger charge is 2.25. The third-order valence-electron chi connectivity index (χ3n) is 4.01. The highest BCUT2D eigenvalue weighted by atomic mass is 16.6. The molecule has 1 aliphatic rings. The molecule has 5 nitrogen and oxygen atoms in total. The summed E-state index contributed by atoms with van der Waals surface area (Å²) in [5.41, 5.74) is 9.07. The molecule has 1 aromatic carbocycles. The first-order valence-electron chi connectivity index (χ1n) is 8.33. The minimum Gasteiger partial charge on any atom is -0.444 e. The normalized spacial score (nSPS) is 16.2. The molecule has 1 heterocycles. The van der Waals surface area contributed by atoms with Crippen molar-refractivity contribution in [2.24, 2.45) is 5.73 Å². The van der Waals surface area contributed by atoms with Gasteiger partial charge in [-0.2, -0.15) is 0 Å². The van der Waals surface area contributed by atoms with E-state index in [1.165, 1.54) is 11.3 Å². The summed E-state index contributed by atoms with van der Waals surface area (Å²) < 4.78 is 5.49. The largest absolute Gasteiger partial charge is 0.444 e. The van der Waals surface area contributed by atoms with Crippen LogP contribution in [0, 0.1) is 6.92 Å². The van der Waals surface area contributed by atoms with E-state index in [-0.39, 0.29) is 6.09 Å². The molecule has 128 valence electrons. The molecule has 0 unspecified atom stereocenters. The molecular formula is C18H29N3O2. The van der Waals surface area contributed by atoms with Gasteiger partial charge in [0, 0.05) is 38.4 Å². The van der Waals surface area contributed by atoms with Crippen molar-refractivity contribution in [2.45, 2.75) is 46.3 Å². The van der Waals surface area contributed by atoms with E-state index in [0.717, 1.165) is 31.6 Å². The first-order valence-corrected chi connectivity index (χ1v) is 8.33. The minimum absolute atomic E-state index is 0.219. The number of benzene rings is 1. The standard InChI is InChI=1S/C18H29N3O2/c1-14-7-5-8-15(13-19)16(14)20-9-6-10-21(12-11-20)17(22)23-18(2,3)4/h5,7-8H,6,9-13,19H2,1-4H3. The highest BCUT2D eigenvalue weighted by Crippen LogP contribution is 2.26. The number of nitrogens with two attached hydrogens (primary N) is 1. The van der Waals surface area contributed by atoms with E-state index in [9.17, 15) is 4.79 Å². The van der Waals surface area contributed by atoms with Crippen LogP contribution in [0.1, 0.15) is 38.3 Å². The van der Waals surface area contributed by atoms with E-state index in [2.05, 4.69) is 24.0 Å². The fourth-order valence-electron chi connectivity index (χ4n) is 2.99. The fourth-order valence-corrected chi connectivity index (χ4v) is 2.99. The van der Waals surface area contributed by atoms with Gasteiger partial charge in [0.1, 0.15) is 5.60 Å². The molecule has 0 saturated carbocycles. The number of nitrogens with zero attached hydrogens (tertiary/aromatic N) is 2. The lowest BCUT2D eigenvalue weighted by Crippen LogP contribution is -2.39. The molecule has 1 saturated heterocycles. The van der Waals surface area contributed by atoms with Crippen molar-refractivity contribution in [2.75, 3.05) is 31.1 Å². The summed E-state index contributed by atoms with van der Waals surface area (Å²) >= 11 is 0. The summed E-state index contributed by atoms with van der Waals surface area (Å²) in [5, 5.41) is 0. The maximum absolute atomic E-state index is 12.3. The van der Waals surface area contributed by atoms with E-state index in [0.29, 0.717) is 13.1 Å². The maximum Gasteiger partial charge on any atom is 0.410 e. The number of aryl methyl sites for hydroxylation is 1. The van der Waals surface area contributed by atoms with Gasteiger partial charge < -0.3 is 20.3 Å². The van der Waals surface area contributed by atoms with Crippen LogP contribution in [0.4, 0.5) is 10.5 Å². The van der Waals surface area contributed by atoms with E-state index in [1.807, 2.05) is 31.7 Å². The summed E-state index contributed by atoms with van der Waals surface area (Å²) in [6.45, 7) is 11.5. The van der Waals surface area contributed by atoms with Crippen molar-refractivity contribution in [1.29, 1.82) is 0 Å². The van der Waals surface area contributed by atoms with Crippen molar-refractivity contribution in [3.63, 3.8) is 0 Å². The lowest BCUT2D eigenvalue weighted by Gasteiger charge is -2.28. The van der Waals surface area contributed by atoms with Crippen molar-refractivity contribution in [3.05, 3.63) is 29.3 Å². The molecule has 2 N–H and O–H groups in total. The average Bonchev–Trinajstić information content (AvgIpc) is 2.71. The zero-order valence-electron chi connectivity index (χ0n) is 14.8. The van der Waals surface area contributed by atoms with Gasteiger partial charge in [0.05, 0.1) is 0 Å². The predicted molar refractivity (Wildman–Crippen MR) is 93.7 cm³/mol. The number of carbonyl (C=O) groups is 1. The Labute approximate surface area is 139 Å². The summed E-state index contributed by atoms with van der Waals surface area (Å²) in [5.74, 6) is 0. The Hall–Kier alpha value is -1.75. The van der Waals surface area contributed by atoms with Crippen LogP contribution in [0.2, 0.25) is 0 Å². The molecule has 1 aliphatic heterocycles. The number of rotatable bonds is 2. The molecule has 1 aromatic rings. The zero-order chi connectivity index (χ0) is 17.0. The number of hydrogen-bond acceptors (Lipinski definition) is 4. The van der Waals surface area contributed by atoms with Gasteiger partial charge >= 0.3 is 6.09 Å². The molecule has 5 heteroatoms. The van der Waals surface area contributed by atoms with Gasteiger partial charge in [-0.3, -0.25) is 0 Å². The number of hydrogen-bond donors (Lipinski definition) is 1. The second-order valence-electron chi connectivity index (χ2n) is 7.09. The Morgan fingerprint density at radius 1 is 1.22 bits per heavy atom. The Kier molecular flexibility index (Phi) is 5.52. The van der Waals surface area contributed by atoms with Gasteiger partial charge in [0.2, 0.25) is 0 Å². The van der Waals surface area contributed by atoms with Crippen LogP contribution in [0.25, 0.3) is 0 Å². The van der Waals surface area contributed by atoms with Crippen molar-refractivity contribution in [1.82, 2.24) is 4.90 Å². The van der Waals surface area contributed by atoms with Crippen LogP contribution >= 0.6 is 0 Å². The number of amides is 1. The topological polar surface area (TPSA) is 58.8 Å². The lowest BCUT2D eigenvalue weighted by atomic mass is 10.1. The Bertz CT molecular complexity index is 552. The van der Waals surface area contributed by atoms with Crippen LogP contribution < -0.4 is 10.6 Å². The Morgan fingerprint density at radius 2 is 1.96 bits per heavy atom. The molecule has 0 aromatic heterocycles. The van der Waals surface area contributed by atoms with E-state index < -0.39 is 5.60 Å². The van der Waals surface area contributed by atoms with Gasteiger partial charge in [0.25, 0.3) is 0 Å². The van der Waals surface area contributed by atoms with Gasteiger partial charge in [-0.05, 0) is 45.2 Å². The maximum atomic E-state index is 12.3. The van der Waals surface area contributed by atoms with Crippen LogP contribution in [-0.2, 0) is 11.3 Å². The third-order valence-corrected chi connectivity index (χ3v) is 4.01. The molecule has 1 amide bonds. The van der Waals surface area contributed by atoms with Gasteiger partial charge in [-0.15, -0.1) is 0 Å². The van der Waals surface area contributed by atoms with Crippen molar-refractivity contribution < 1.29 is 9.53 Å². The van der Waals surface area contributed by atoms with E-state index in [4.69, 9.17) is 10.5 Å². The third kappa shape index (κ3) is 4.61. The quantitative estimate of drug-likeness (QED) is 0.910. The molecule has 0 bridgehead atoms. The molecule has 0 radical (unpaired) electrons. The average molecular weight is 319 g/mol. The molecule has 1 fully saturated rings. The molecule has 23 heavy (non-hydrogen) atoms. The second kappa shape index (κ2) is 7.21. The predicted octanol–water partition coefficient (Wildman–Crippen LogP) is 2.90. The molecule has 0 aliphatic carbocycles. The summed E-state index contributed by atoms with van der Waals surface area (Å²) in [6, 6.07) is 6.25. The molecular weight excluding hydrogens is 290 g/mol. The van der Waals surface area contributed by atoms with Crippen molar-refractivity contribution in [3.8, 4) is 0 Å². The van der Waals surface area contributed by atoms with E-state index >= 15 is 0 Å². The summed E-state index contributed by atoms with van der Waals surface area (Å²) in [7, 11) is 0. The van der Waals surface area contributed by atoms with Crippen LogP contribution in [-0.4, -0.2) is 42.8 Å². The van der Waals surface area contributed by atoms with Gasteiger partial charge in [-0.25, -0.2) is 4.79 Å². The summed E-state index contributed by atoms with van der Waals surface area (Å²) in [6.07, 6.45) is 0.709. The lowest BCUT2D eigenvalue weighted by molar-refractivity contribution is 0.0263. The Morgan fingerprint density at radius 3 is 2.61 bits per heavy atom. The van der Waals surface area contributed by atoms with E-state index in [1.54, 1.807) is 0 Å². The number of ether oxygens (including phenoxy) is 1. The fraction of sp³-hybridized carbons (Fsp3) is 0.611. The van der Waals surface area contributed by atoms with Crippen molar-refractivity contribution >= 4 is 11.8 Å². The SMILES string of the molecule is Cc1cccc(CN)c1N1CCCN(C(=O)OC(C)(C)C)CC1.